The van der Waals surface area contributed by atoms with Crippen molar-refractivity contribution in [1.29, 1.82) is 0 Å². The van der Waals surface area contributed by atoms with Crippen molar-refractivity contribution in [3.8, 4) is 0 Å². The Bertz CT molecular complexity index is 83.0. The van der Waals surface area contributed by atoms with Crippen molar-refractivity contribution >= 4 is 6.16 Å². The minimum Gasteiger partial charge on any atom is -0.450 e. The largest absolute Gasteiger partial charge is 0.506 e. The van der Waals surface area contributed by atoms with Crippen LogP contribution in [0.1, 0.15) is 21.8 Å². The first-order chi connectivity index (χ1) is 3.66. The van der Waals surface area contributed by atoms with E-state index in [-0.39, 0.29) is 26.9 Å². The second kappa shape index (κ2) is 11.9. The van der Waals surface area contributed by atoms with Crippen LogP contribution in [0.15, 0.2) is 0 Å². The zero-order valence-electron chi connectivity index (χ0n) is 5.00. The Morgan fingerprint density at radius 2 is 1.91 bits per heavy atom. The Morgan fingerprint density at radius 1 is 1.55 bits per heavy atom. The highest BCUT2D eigenvalue weighted by molar-refractivity contribution is 5.56. The van der Waals surface area contributed by atoms with Crippen LogP contribution in [0.25, 0.3) is 0 Å². The molecule has 5 heteroatoms. The van der Waals surface area contributed by atoms with E-state index in [2.05, 4.69) is 4.74 Å². The van der Waals surface area contributed by atoms with E-state index in [1.54, 1.807) is 0 Å². The second-order valence-electron chi connectivity index (χ2n) is 1.38. The highest BCUT2D eigenvalue weighted by Gasteiger charge is 2.03. The lowest BCUT2D eigenvalue weighted by molar-refractivity contribution is 0.0327. The fraction of sp³-hybridized carbons (Fsp3) is 0.833. The molecule has 5 nitrogen and oxygen atoms in total. The summed E-state index contributed by atoms with van der Waals surface area (Å²) in [4.78, 5) is 9.64. The molecule has 1 unspecified atom stereocenters. The van der Waals surface area contributed by atoms with Gasteiger partial charge >= 0.3 is 6.16 Å². The fourth-order valence-corrected chi connectivity index (χ4v) is 0.209. The van der Waals surface area contributed by atoms with E-state index in [0.29, 0.717) is 0 Å². The van der Waals surface area contributed by atoms with E-state index >= 15 is 0 Å². The molecule has 0 fully saturated rings. The lowest BCUT2D eigenvalue weighted by Crippen LogP contribution is -2.16. The van der Waals surface area contributed by atoms with Gasteiger partial charge in [0.2, 0.25) is 0 Å². The van der Waals surface area contributed by atoms with Crippen molar-refractivity contribution in [2.24, 2.45) is 0 Å². The minimum absolute atomic E-state index is 0. The Kier molecular flexibility index (Phi) is 24.3. The number of rotatable bonds is 2. The summed E-state index contributed by atoms with van der Waals surface area (Å²) in [5.41, 5.74) is 0. The third kappa shape index (κ3) is 17.6. The number of ether oxygens (including phenoxy) is 1. The lowest BCUT2D eigenvalue weighted by atomic mass is 10.4. The van der Waals surface area contributed by atoms with E-state index in [0.717, 1.165) is 0 Å². The maximum atomic E-state index is 9.64. The first kappa shape index (κ1) is 22.5. The third-order valence-electron chi connectivity index (χ3n) is 0.559. The molecule has 1 atom stereocenters. The minimum atomic E-state index is -1.36. The average molecular weight is 170 g/mol. The van der Waals surface area contributed by atoms with Crippen LogP contribution in [-0.4, -0.2) is 34.6 Å². The van der Waals surface area contributed by atoms with Gasteiger partial charge in [-0.25, -0.2) is 4.79 Å². The van der Waals surface area contributed by atoms with E-state index < -0.39 is 12.3 Å². The van der Waals surface area contributed by atoms with Gasteiger partial charge in [-0.3, -0.25) is 0 Å². The maximum absolute atomic E-state index is 9.64. The van der Waals surface area contributed by atoms with Crippen molar-refractivity contribution in [1.82, 2.24) is 0 Å². The smallest absolute Gasteiger partial charge is 0.450 e. The molecule has 0 aliphatic rings. The van der Waals surface area contributed by atoms with Crippen molar-refractivity contribution in [2.45, 2.75) is 27.9 Å². The van der Waals surface area contributed by atoms with Crippen molar-refractivity contribution < 1.29 is 25.2 Å². The first-order valence-corrected chi connectivity index (χ1v) is 2.17. The van der Waals surface area contributed by atoms with Gasteiger partial charge in [-0.15, -0.1) is 0 Å². The van der Waals surface area contributed by atoms with E-state index in [4.69, 9.17) is 10.2 Å². The highest BCUT2D eigenvalue weighted by atomic mass is 16.7. The summed E-state index contributed by atoms with van der Waals surface area (Å²) in [6.45, 7) is 1.19. The summed E-state index contributed by atoms with van der Waals surface area (Å²) in [5.74, 6) is 0. The molecule has 0 aromatic heterocycles. The summed E-state index contributed by atoms with van der Waals surface area (Å²) in [6.07, 6.45) is -1.97. The van der Waals surface area contributed by atoms with Crippen molar-refractivity contribution in [3.63, 3.8) is 0 Å². The van der Waals surface area contributed by atoms with Crippen LogP contribution in [0.2, 0.25) is 0 Å². The van der Waals surface area contributed by atoms with Crippen LogP contribution in [0.3, 0.4) is 0 Å². The molecule has 0 aliphatic heterocycles. The van der Waals surface area contributed by atoms with Gasteiger partial charge in [0.1, 0.15) is 6.10 Å². The second-order valence-corrected chi connectivity index (χ2v) is 1.38. The van der Waals surface area contributed by atoms with Crippen molar-refractivity contribution in [3.05, 3.63) is 0 Å². The average Bonchev–Trinajstić information content (AvgIpc) is 1.65. The SMILES string of the molecule is C.C.CC(CO)OC(=O)O.O. The summed E-state index contributed by atoms with van der Waals surface area (Å²) < 4.78 is 4.07. The number of hydrogen-bond donors (Lipinski definition) is 2. The predicted molar refractivity (Wildman–Crippen MR) is 42.7 cm³/mol. The van der Waals surface area contributed by atoms with Gasteiger partial charge < -0.3 is 20.4 Å². The summed E-state index contributed by atoms with van der Waals surface area (Å²) >= 11 is 0. The molecule has 72 valence electrons. The summed E-state index contributed by atoms with van der Waals surface area (Å²) in [7, 11) is 0. The van der Waals surface area contributed by atoms with Crippen LogP contribution in [0, 0.1) is 0 Å². The molecular formula is C6H18O5. The Balaban J connectivity index is -0.0000000817. The van der Waals surface area contributed by atoms with Crippen LogP contribution < -0.4 is 0 Å². The van der Waals surface area contributed by atoms with Gasteiger partial charge in [0.15, 0.2) is 0 Å². The maximum Gasteiger partial charge on any atom is 0.506 e. The normalized spacial score (nSPS) is 9.27. The van der Waals surface area contributed by atoms with Crippen LogP contribution in [-0.2, 0) is 4.74 Å². The summed E-state index contributed by atoms with van der Waals surface area (Å²) in [5, 5.41) is 16.1. The molecule has 0 amide bonds. The number of hydrogen-bond acceptors (Lipinski definition) is 3. The molecule has 0 saturated carbocycles. The van der Waals surface area contributed by atoms with Gasteiger partial charge in [-0.05, 0) is 6.92 Å². The topological polar surface area (TPSA) is 98.3 Å². The van der Waals surface area contributed by atoms with Gasteiger partial charge in [-0.2, -0.15) is 0 Å². The molecule has 0 spiro atoms. The van der Waals surface area contributed by atoms with Crippen LogP contribution in [0.4, 0.5) is 4.79 Å². The summed E-state index contributed by atoms with van der Waals surface area (Å²) in [6, 6.07) is 0. The highest BCUT2D eigenvalue weighted by Crippen LogP contribution is 1.86. The number of aliphatic hydroxyl groups excluding tert-OH is 1. The number of aliphatic hydroxyl groups is 1. The lowest BCUT2D eigenvalue weighted by Gasteiger charge is -2.04. The Hall–Kier alpha value is -0.810. The number of carboxylic acid groups (broad SMARTS) is 1. The van der Waals surface area contributed by atoms with Gasteiger partial charge in [0, 0.05) is 0 Å². The molecule has 0 bridgehead atoms. The van der Waals surface area contributed by atoms with Gasteiger partial charge in [-0.1, -0.05) is 14.9 Å². The molecule has 0 rings (SSSR count). The van der Waals surface area contributed by atoms with Gasteiger partial charge in [0.05, 0.1) is 6.61 Å². The van der Waals surface area contributed by atoms with Crippen molar-refractivity contribution in [2.75, 3.05) is 6.61 Å². The molecule has 4 N–H and O–H groups in total. The zero-order chi connectivity index (χ0) is 6.57. The van der Waals surface area contributed by atoms with Gasteiger partial charge in [0.25, 0.3) is 0 Å². The predicted octanol–water partition coefficient (Wildman–Crippen LogP) is 0.509. The zero-order valence-corrected chi connectivity index (χ0v) is 5.00. The fourth-order valence-electron chi connectivity index (χ4n) is 0.209. The Morgan fingerprint density at radius 3 is 2.00 bits per heavy atom. The van der Waals surface area contributed by atoms with E-state index in [1.807, 2.05) is 0 Å². The standard InChI is InChI=1S/C4H8O4.2CH4.H2O/c1-3(2-5)8-4(6)7;;;/h3,5H,2H2,1H3,(H,6,7);2*1H4;1H2. The first-order valence-electron chi connectivity index (χ1n) is 2.17. The monoisotopic (exact) mass is 170 g/mol. The van der Waals surface area contributed by atoms with Crippen LogP contribution >= 0.6 is 0 Å². The molecule has 0 radical (unpaired) electrons. The third-order valence-corrected chi connectivity index (χ3v) is 0.559. The quantitative estimate of drug-likeness (QED) is 0.590. The molecule has 0 aromatic rings. The molecule has 0 heterocycles. The Labute approximate surface area is 66.9 Å². The number of carbonyl (C=O) groups is 1. The van der Waals surface area contributed by atoms with E-state index in [9.17, 15) is 4.79 Å². The molecule has 0 aliphatic carbocycles. The molecule has 0 aromatic carbocycles. The molecular weight excluding hydrogens is 152 g/mol. The molecule has 0 saturated heterocycles. The van der Waals surface area contributed by atoms with E-state index in [1.165, 1.54) is 6.92 Å². The molecule has 11 heavy (non-hydrogen) atoms. The van der Waals surface area contributed by atoms with Crippen LogP contribution in [0.5, 0.6) is 0 Å².